The van der Waals surface area contributed by atoms with Gasteiger partial charge >= 0.3 is 0 Å². The van der Waals surface area contributed by atoms with E-state index in [1.54, 1.807) is 6.07 Å². The Bertz CT molecular complexity index is 714. The number of piperidine rings is 1. The van der Waals surface area contributed by atoms with Crippen LogP contribution in [-0.2, 0) is 9.59 Å². The topological polar surface area (TPSA) is 69.6 Å². The number of carbonyl (C=O) groups excluding carboxylic acids is 2. The van der Waals surface area contributed by atoms with Crippen LogP contribution in [0.1, 0.15) is 39.5 Å². The molecule has 3 heterocycles. The van der Waals surface area contributed by atoms with Crippen molar-refractivity contribution in [1.82, 2.24) is 19.8 Å². The number of hydrogen-bond acceptors (Lipinski definition) is 6. The number of piperazine rings is 1. The molecule has 2 fully saturated rings. The van der Waals surface area contributed by atoms with E-state index in [4.69, 9.17) is 11.6 Å². The number of hydrogen-bond donors (Lipinski definition) is 0. The minimum absolute atomic E-state index is 0.117. The summed E-state index contributed by atoms with van der Waals surface area (Å²) in [6.45, 7) is 7.72. The van der Waals surface area contributed by atoms with E-state index in [1.807, 2.05) is 16.7 Å². The van der Waals surface area contributed by atoms with Crippen LogP contribution < -0.4 is 4.90 Å². The summed E-state index contributed by atoms with van der Waals surface area (Å²) in [5, 5.41) is 0.894. The van der Waals surface area contributed by atoms with Gasteiger partial charge in [-0.05, 0) is 26.2 Å². The van der Waals surface area contributed by atoms with Gasteiger partial charge in [-0.2, -0.15) is 0 Å². The highest BCUT2D eigenvalue weighted by molar-refractivity contribution is 7.99. The smallest absolute Gasteiger partial charge is 0.233 e. The lowest BCUT2D eigenvalue weighted by Crippen LogP contribution is -2.54. The van der Waals surface area contributed by atoms with Gasteiger partial charge in [0.05, 0.1) is 5.75 Å². The Balaban J connectivity index is 1.61. The number of rotatable bonds is 5. The zero-order valence-corrected chi connectivity index (χ0v) is 18.1. The Labute approximate surface area is 175 Å². The SMILES string of the molecule is CCC(=O)N1CCN(c2cc(Cl)nc(SCC(=O)N3CCCCC3)n2)C[C@H]1C. The van der Waals surface area contributed by atoms with Crippen LogP contribution in [0.15, 0.2) is 11.2 Å². The number of carbonyl (C=O) groups is 2. The van der Waals surface area contributed by atoms with Gasteiger partial charge in [-0.25, -0.2) is 9.97 Å². The van der Waals surface area contributed by atoms with Gasteiger partial charge in [0.2, 0.25) is 11.8 Å². The third-order valence-corrected chi connectivity index (χ3v) is 6.29. The van der Waals surface area contributed by atoms with Gasteiger partial charge in [-0.1, -0.05) is 30.3 Å². The molecular formula is C19H28ClN5O2S. The molecule has 0 spiro atoms. The largest absolute Gasteiger partial charge is 0.353 e. The molecule has 2 aliphatic rings. The summed E-state index contributed by atoms with van der Waals surface area (Å²) in [4.78, 5) is 39.3. The Morgan fingerprint density at radius 2 is 1.89 bits per heavy atom. The van der Waals surface area contributed by atoms with Crippen molar-refractivity contribution in [3.63, 3.8) is 0 Å². The first-order valence-corrected chi connectivity index (χ1v) is 11.3. The molecule has 0 saturated carbocycles. The maximum atomic E-state index is 12.4. The van der Waals surface area contributed by atoms with Crippen molar-refractivity contribution in [2.75, 3.05) is 43.4 Å². The van der Waals surface area contributed by atoms with Gasteiger partial charge in [0.25, 0.3) is 0 Å². The van der Waals surface area contributed by atoms with E-state index in [2.05, 4.69) is 21.8 Å². The highest BCUT2D eigenvalue weighted by atomic mass is 35.5. The van der Waals surface area contributed by atoms with Gasteiger partial charge < -0.3 is 14.7 Å². The quantitative estimate of drug-likeness (QED) is 0.410. The lowest BCUT2D eigenvalue weighted by Gasteiger charge is -2.40. The van der Waals surface area contributed by atoms with Crippen molar-refractivity contribution in [2.45, 2.75) is 50.7 Å². The molecule has 0 N–H and O–H groups in total. The lowest BCUT2D eigenvalue weighted by molar-refractivity contribution is -0.133. The number of anilines is 1. The second-order valence-corrected chi connectivity index (χ2v) is 8.63. The molecular weight excluding hydrogens is 398 g/mol. The van der Waals surface area contributed by atoms with E-state index in [1.165, 1.54) is 18.2 Å². The van der Waals surface area contributed by atoms with Crippen molar-refractivity contribution < 1.29 is 9.59 Å². The fraction of sp³-hybridized carbons (Fsp3) is 0.684. The molecule has 7 nitrogen and oxygen atoms in total. The Morgan fingerprint density at radius 1 is 1.14 bits per heavy atom. The zero-order chi connectivity index (χ0) is 20.1. The summed E-state index contributed by atoms with van der Waals surface area (Å²) in [6.07, 6.45) is 3.89. The van der Waals surface area contributed by atoms with Crippen LogP contribution >= 0.6 is 23.4 Å². The molecule has 3 rings (SSSR count). The number of thioether (sulfide) groups is 1. The van der Waals surface area contributed by atoms with E-state index < -0.39 is 0 Å². The van der Waals surface area contributed by atoms with Crippen LogP contribution in [0.4, 0.5) is 5.82 Å². The van der Waals surface area contributed by atoms with Crippen LogP contribution in [0.3, 0.4) is 0 Å². The van der Waals surface area contributed by atoms with E-state index >= 15 is 0 Å². The molecule has 2 aliphatic heterocycles. The van der Waals surface area contributed by atoms with E-state index in [0.29, 0.717) is 42.1 Å². The third kappa shape index (κ3) is 5.29. The molecule has 1 atom stereocenters. The van der Waals surface area contributed by atoms with Crippen molar-refractivity contribution >= 4 is 41.0 Å². The molecule has 1 aromatic rings. The molecule has 9 heteroatoms. The number of aromatic nitrogens is 2. The molecule has 2 saturated heterocycles. The maximum absolute atomic E-state index is 12.4. The van der Waals surface area contributed by atoms with Crippen LogP contribution in [0.25, 0.3) is 0 Å². The van der Waals surface area contributed by atoms with Crippen LogP contribution in [0.2, 0.25) is 5.15 Å². The minimum atomic E-state index is 0.117. The predicted molar refractivity (Wildman–Crippen MR) is 112 cm³/mol. The Kier molecular flexibility index (Phi) is 7.40. The number of amides is 2. The van der Waals surface area contributed by atoms with Crippen LogP contribution in [0.5, 0.6) is 0 Å². The Hall–Kier alpha value is -1.54. The van der Waals surface area contributed by atoms with Crippen molar-refractivity contribution in [3.8, 4) is 0 Å². The average Bonchev–Trinajstić information content (AvgIpc) is 2.71. The number of likely N-dealkylation sites (tertiary alicyclic amines) is 1. The van der Waals surface area contributed by atoms with Gasteiger partial charge in [0.15, 0.2) is 5.16 Å². The van der Waals surface area contributed by atoms with Gasteiger partial charge in [0, 0.05) is 51.3 Å². The molecule has 0 aromatic carbocycles. The van der Waals surface area contributed by atoms with Crippen LogP contribution in [0, 0.1) is 0 Å². The van der Waals surface area contributed by atoms with Gasteiger partial charge in [-0.3, -0.25) is 9.59 Å². The summed E-state index contributed by atoms with van der Waals surface area (Å²) < 4.78 is 0. The summed E-state index contributed by atoms with van der Waals surface area (Å²) in [7, 11) is 0. The first kappa shape index (κ1) is 21.2. The standard InChI is InChI=1S/C19H28ClN5O2S/c1-3-17(26)25-10-9-24(12-14(25)2)16-11-15(20)21-19(22-16)28-13-18(27)23-7-5-4-6-8-23/h11,14H,3-10,12-13H2,1-2H3/t14-/m1/s1. The number of halogens is 1. The van der Waals surface area contributed by atoms with Crippen molar-refractivity contribution in [3.05, 3.63) is 11.2 Å². The predicted octanol–water partition coefficient (Wildman–Crippen LogP) is 2.68. The molecule has 2 amide bonds. The molecule has 0 radical (unpaired) electrons. The zero-order valence-electron chi connectivity index (χ0n) is 16.6. The highest BCUT2D eigenvalue weighted by Gasteiger charge is 2.27. The van der Waals surface area contributed by atoms with Gasteiger partial charge in [-0.15, -0.1) is 0 Å². The fourth-order valence-corrected chi connectivity index (χ4v) is 4.70. The average molecular weight is 426 g/mol. The number of nitrogens with zero attached hydrogens (tertiary/aromatic N) is 5. The first-order chi connectivity index (χ1) is 13.5. The molecule has 0 unspecified atom stereocenters. The molecule has 0 bridgehead atoms. The first-order valence-electron chi connectivity index (χ1n) is 9.97. The third-order valence-electron chi connectivity index (χ3n) is 5.27. The normalized spacial score (nSPS) is 20.4. The second-order valence-electron chi connectivity index (χ2n) is 7.30. The van der Waals surface area contributed by atoms with Crippen molar-refractivity contribution in [1.29, 1.82) is 0 Å². The fourth-order valence-electron chi connectivity index (χ4n) is 3.71. The molecule has 154 valence electrons. The summed E-state index contributed by atoms with van der Waals surface area (Å²) >= 11 is 7.56. The summed E-state index contributed by atoms with van der Waals surface area (Å²) in [5.74, 6) is 1.40. The minimum Gasteiger partial charge on any atom is -0.353 e. The molecule has 28 heavy (non-hydrogen) atoms. The van der Waals surface area contributed by atoms with E-state index in [0.717, 1.165) is 31.7 Å². The molecule has 0 aliphatic carbocycles. The molecule has 1 aromatic heterocycles. The second kappa shape index (κ2) is 9.78. The monoisotopic (exact) mass is 425 g/mol. The summed E-state index contributed by atoms with van der Waals surface area (Å²) in [5.41, 5.74) is 0. The van der Waals surface area contributed by atoms with Gasteiger partial charge in [0.1, 0.15) is 11.0 Å². The summed E-state index contributed by atoms with van der Waals surface area (Å²) in [6, 6.07) is 1.87. The lowest BCUT2D eigenvalue weighted by atomic mass is 10.1. The van der Waals surface area contributed by atoms with Crippen LogP contribution in [-0.4, -0.2) is 76.1 Å². The van der Waals surface area contributed by atoms with E-state index in [9.17, 15) is 9.59 Å². The maximum Gasteiger partial charge on any atom is 0.233 e. The highest BCUT2D eigenvalue weighted by Crippen LogP contribution is 2.24. The van der Waals surface area contributed by atoms with E-state index in [-0.39, 0.29) is 17.9 Å². The Morgan fingerprint density at radius 3 is 2.57 bits per heavy atom. The van der Waals surface area contributed by atoms with Crippen molar-refractivity contribution in [2.24, 2.45) is 0 Å².